The van der Waals surface area contributed by atoms with Gasteiger partial charge in [0.2, 0.25) is 0 Å². The maximum Gasteiger partial charge on any atom is 0.119 e. The normalized spacial score (nSPS) is 28.7. The van der Waals surface area contributed by atoms with Crippen LogP contribution in [0.4, 0.5) is 0 Å². The number of hydrogen-bond acceptors (Lipinski definition) is 2. The van der Waals surface area contributed by atoms with Crippen molar-refractivity contribution in [3.8, 4) is 5.75 Å². The molecular formula is C17H25NO. The van der Waals surface area contributed by atoms with Gasteiger partial charge in [0.15, 0.2) is 0 Å². The van der Waals surface area contributed by atoms with E-state index in [0.717, 1.165) is 43.1 Å². The summed E-state index contributed by atoms with van der Waals surface area (Å²) < 4.78 is 5.69. The number of para-hydroxylation sites is 1. The topological polar surface area (TPSA) is 21.3 Å². The molecule has 2 fully saturated rings. The number of rotatable bonds is 7. The molecular weight excluding hydrogens is 234 g/mol. The zero-order chi connectivity index (χ0) is 12.9. The molecule has 104 valence electrons. The van der Waals surface area contributed by atoms with Crippen LogP contribution in [-0.2, 0) is 0 Å². The lowest BCUT2D eigenvalue weighted by molar-refractivity contribution is 0.293. The van der Waals surface area contributed by atoms with Crippen molar-refractivity contribution in [1.82, 2.24) is 5.32 Å². The summed E-state index contributed by atoms with van der Waals surface area (Å²) in [5.41, 5.74) is 0. The minimum Gasteiger partial charge on any atom is -0.494 e. The smallest absolute Gasteiger partial charge is 0.119 e. The fourth-order valence-corrected chi connectivity index (χ4v) is 3.82. The summed E-state index contributed by atoms with van der Waals surface area (Å²) in [4.78, 5) is 0. The zero-order valence-electron chi connectivity index (χ0n) is 11.7. The summed E-state index contributed by atoms with van der Waals surface area (Å²) in [6.45, 7) is 3.13. The third-order valence-corrected chi connectivity index (χ3v) is 4.80. The van der Waals surface area contributed by atoms with Crippen molar-refractivity contribution in [2.75, 3.05) is 19.7 Å². The fraction of sp³-hybridized carbons (Fsp3) is 0.647. The van der Waals surface area contributed by atoms with Crippen LogP contribution in [0.1, 0.15) is 32.1 Å². The Bertz CT molecular complexity index is 378. The third-order valence-electron chi connectivity index (χ3n) is 4.80. The molecule has 19 heavy (non-hydrogen) atoms. The molecule has 0 aliphatic heterocycles. The molecule has 3 rings (SSSR count). The average molecular weight is 259 g/mol. The van der Waals surface area contributed by atoms with Crippen LogP contribution in [0.3, 0.4) is 0 Å². The van der Waals surface area contributed by atoms with Crippen molar-refractivity contribution in [2.45, 2.75) is 32.1 Å². The monoisotopic (exact) mass is 259 g/mol. The highest BCUT2D eigenvalue weighted by Crippen LogP contribution is 2.47. The Labute approximate surface area is 116 Å². The van der Waals surface area contributed by atoms with Crippen LogP contribution in [0.2, 0.25) is 0 Å². The molecule has 1 aromatic rings. The summed E-state index contributed by atoms with van der Waals surface area (Å²) in [5, 5.41) is 3.62. The van der Waals surface area contributed by atoms with Gasteiger partial charge in [-0.3, -0.25) is 0 Å². The van der Waals surface area contributed by atoms with E-state index in [4.69, 9.17) is 4.74 Å². The number of hydrogen-bond donors (Lipinski definition) is 1. The molecule has 0 radical (unpaired) electrons. The van der Waals surface area contributed by atoms with Crippen LogP contribution in [0.15, 0.2) is 30.3 Å². The van der Waals surface area contributed by atoms with Crippen molar-refractivity contribution in [3.05, 3.63) is 30.3 Å². The van der Waals surface area contributed by atoms with Gasteiger partial charge in [0, 0.05) is 0 Å². The molecule has 2 heteroatoms. The predicted octanol–water partition coefficient (Wildman–Crippen LogP) is 3.48. The average Bonchev–Trinajstić information content (AvgIpc) is 3.06. The fourth-order valence-electron chi connectivity index (χ4n) is 3.82. The Hall–Kier alpha value is -1.02. The molecule has 0 heterocycles. The molecule has 2 aliphatic rings. The second-order valence-corrected chi connectivity index (χ2v) is 6.15. The first-order chi connectivity index (χ1) is 9.42. The second kappa shape index (κ2) is 6.42. The van der Waals surface area contributed by atoms with Crippen LogP contribution in [-0.4, -0.2) is 19.7 Å². The minimum atomic E-state index is 0.813. The first-order valence-corrected chi connectivity index (χ1v) is 7.80. The van der Waals surface area contributed by atoms with E-state index in [1.165, 1.54) is 32.2 Å². The third kappa shape index (κ3) is 3.50. The molecule has 3 unspecified atom stereocenters. The molecule has 3 atom stereocenters. The molecule has 0 aromatic heterocycles. The lowest BCUT2D eigenvalue weighted by Gasteiger charge is -2.21. The van der Waals surface area contributed by atoms with Crippen LogP contribution in [0.5, 0.6) is 5.75 Å². The molecule has 2 aliphatic carbocycles. The van der Waals surface area contributed by atoms with Gasteiger partial charge in [-0.15, -0.1) is 0 Å². The van der Waals surface area contributed by atoms with Crippen LogP contribution >= 0.6 is 0 Å². The Morgan fingerprint density at radius 2 is 2.00 bits per heavy atom. The molecule has 0 saturated heterocycles. The first kappa shape index (κ1) is 13.0. The number of ether oxygens (including phenoxy) is 1. The van der Waals surface area contributed by atoms with Crippen LogP contribution in [0.25, 0.3) is 0 Å². The van der Waals surface area contributed by atoms with Gasteiger partial charge in [-0.1, -0.05) is 24.6 Å². The van der Waals surface area contributed by atoms with Gasteiger partial charge in [0.1, 0.15) is 5.75 Å². The van der Waals surface area contributed by atoms with Crippen LogP contribution in [0, 0.1) is 17.8 Å². The Morgan fingerprint density at radius 3 is 2.74 bits per heavy atom. The van der Waals surface area contributed by atoms with Crippen molar-refractivity contribution < 1.29 is 4.74 Å². The van der Waals surface area contributed by atoms with Gasteiger partial charge in [0.05, 0.1) is 6.61 Å². The van der Waals surface area contributed by atoms with Gasteiger partial charge < -0.3 is 10.1 Å². The molecule has 1 aromatic carbocycles. The van der Waals surface area contributed by atoms with Gasteiger partial charge in [-0.2, -0.15) is 0 Å². The highest BCUT2D eigenvalue weighted by atomic mass is 16.5. The van der Waals surface area contributed by atoms with E-state index in [2.05, 4.69) is 5.32 Å². The van der Waals surface area contributed by atoms with Crippen LogP contribution < -0.4 is 10.1 Å². The lowest BCUT2D eigenvalue weighted by Crippen LogP contribution is -2.27. The summed E-state index contributed by atoms with van der Waals surface area (Å²) in [5.74, 6) is 4.06. The Kier molecular flexibility index (Phi) is 4.39. The molecule has 2 nitrogen and oxygen atoms in total. The van der Waals surface area contributed by atoms with E-state index in [1.807, 2.05) is 30.3 Å². The van der Waals surface area contributed by atoms with E-state index in [0.29, 0.717) is 0 Å². The van der Waals surface area contributed by atoms with Crippen molar-refractivity contribution in [2.24, 2.45) is 17.8 Å². The maximum atomic E-state index is 5.69. The summed E-state index contributed by atoms with van der Waals surface area (Å²) in [6.07, 6.45) is 7.09. The van der Waals surface area contributed by atoms with Gasteiger partial charge in [-0.25, -0.2) is 0 Å². The molecule has 2 bridgehead atoms. The van der Waals surface area contributed by atoms with Crippen molar-refractivity contribution in [3.63, 3.8) is 0 Å². The standard InChI is InChI=1S/C17H25NO/c1-2-5-17(6-3-1)19-10-4-9-18-13-16-12-14-7-8-15(16)11-14/h1-3,5-6,14-16,18H,4,7-13H2. The zero-order valence-corrected chi connectivity index (χ0v) is 11.7. The van der Waals surface area contributed by atoms with E-state index in [1.54, 1.807) is 0 Å². The Morgan fingerprint density at radius 1 is 1.11 bits per heavy atom. The Balaban J connectivity index is 1.24. The summed E-state index contributed by atoms with van der Waals surface area (Å²) in [6, 6.07) is 10.1. The predicted molar refractivity (Wildman–Crippen MR) is 78.4 cm³/mol. The summed E-state index contributed by atoms with van der Waals surface area (Å²) in [7, 11) is 0. The first-order valence-electron chi connectivity index (χ1n) is 7.80. The van der Waals surface area contributed by atoms with E-state index < -0.39 is 0 Å². The second-order valence-electron chi connectivity index (χ2n) is 6.15. The summed E-state index contributed by atoms with van der Waals surface area (Å²) >= 11 is 0. The van der Waals surface area contributed by atoms with Crippen molar-refractivity contribution >= 4 is 0 Å². The molecule has 1 N–H and O–H groups in total. The molecule has 2 saturated carbocycles. The quantitative estimate of drug-likeness (QED) is 0.757. The van der Waals surface area contributed by atoms with Gasteiger partial charge in [-0.05, 0) is 68.7 Å². The minimum absolute atomic E-state index is 0.813. The van der Waals surface area contributed by atoms with Crippen molar-refractivity contribution in [1.29, 1.82) is 0 Å². The highest BCUT2D eigenvalue weighted by Gasteiger charge is 2.38. The number of nitrogens with one attached hydrogen (secondary N) is 1. The molecule has 0 amide bonds. The van der Waals surface area contributed by atoms with Gasteiger partial charge in [0.25, 0.3) is 0 Å². The van der Waals surface area contributed by atoms with E-state index in [-0.39, 0.29) is 0 Å². The van der Waals surface area contributed by atoms with E-state index >= 15 is 0 Å². The molecule has 0 spiro atoms. The maximum absolute atomic E-state index is 5.69. The number of fused-ring (bicyclic) bond motifs is 2. The SMILES string of the molecule is c1ccc(OCCCNCC2CC3CCC2C3)cc1. The van der Waals surface area contributed by atoms with E-state index in [9.17, 15) is 0 Å². The highest BCUT2D eigenvalue weighted by molar-refractivity contribution is 5.20. The largest absolute Gasteiger partial charge is 0.494 e. The lowest BCUT2D eigenvalue weighted by atomic mass is 9.89. The number of benzene rings is 1. The van der Waals surface area contributed by atoms with Gasteiger partial charge >= 0.3 is 0 Å².